The Hall–Kier alpha value is -2.96. The van der Waals surface area contributed by atoms with E-state index >= 15 is 0 Å². The molecule has 21 heavy (non-hydrogen) atoms. The maximum Gasteiger partial charge on any atom is 0.358 e. The van der Waals surface area contributed by atoms with E-state index in [9.17, 15) is 9.90 Å². The summed E-state index contributed by atoms with van der Waals surface area (Å²) in [5.74, 6) is -1.10. The summed E-state index contributed by atoms with van der Waals surface area (Å²) in [6.45, 7) is 0.450. The van der Waals surface area contributed by atoms with E-state index in [1.54, 1.807) is 28.8 Å². The number of carbonyl (C=O) groups is 1. The Bertz CT molecular complexity index is 776. The predicted octanol–water partition coefficient (Wildman–Crippen LogP) is 1.43. The zero-order valence-electron chi connectivity index (χ0n) is 11.3. The predicted molar refractivity (Wildman–Crippen MR) is 74.7 cm³/mol. The molecule has 0 saturated heterocycles. The lowest BCUT2D eigenvalue weighted by atomic mass is 10.2. The number of carboxylic acid groups (broad SMARTS) is 1. The molecule has 106 valence electrons. The van der Waals surface area contributed by atoms with Crippen LogP contribution in [0.4, 0.5) is 0 Å². The highest BCUT2D eigenvalue weighted by atomic mass is 16.4. The molecule has 1 aromatic carbocycles. The topological polar surface area (TPSA) is 85.8 Å². The standard InChI is InChI=1S/C14H13N5O2/c1-18-9-11(7-15-18)13-12(14(20)21)16-17-19(13)8-10-5-3-2-4-6-10/h2-7,9H,8H2,1H3,(H,20,21). The third kappa shape index (κ3) is 2.53. The SMILES string of the molecule is Cn1cc(-c2c(C(=O)O)nnn2Cc2ccccc2)cn1. The number of hydrogen-bond acceptors (Lipinski definition) is 4. The number of aryl methyl sites for hydroxylation is 1. The second kappa shape index (κ2) is 5.20. The zero-order chi connectivity index (χ0) is 14.8. The second-order valence-corrected chi connectivity index (χ2v) is 4.64. The average Bonchev–Trinajstić information content (AvgIpc) is 3.06. The van der Waals surface area contributed by atoms with Gasteiger partial charge in [-0.15, -0.1) is 5.10 Å². The molecule has 0 fully saturated rings. The molecule has 0 aliphatic rings. The van der Waals surface area contributed by atoms with Gasteiger partial charge in [0.2, 0.25) is 0 Å². The first-order chi connectivity index (χ1) is 10.1. The molecular formula is C14H13N5O2. The van der Waals surface area contributed by atoms with Crippen molar-refractivity contribution in [1.82, 2.24) is 24.8 Å². The number of rotatable bonds is 4. The lowest BCUT2D eigenvalue weighted by Gasteiger charge is -2.05. The molecule has 2 heterocycles. The molecule has 0 bridgehead atoms. The molecule has 0 amide bonds. The van der Waals surface area contributed by atoms with Crippen LogP contribution < -0.4 is 0 Å². The van der Waals surface area contributed by atoms with Gasteiger partial charge in [-0.25, -0.2) is 9.48 Å². The number of carboxylic acids is 1. The van der Waals surface area contributed by atoms with Crippen molar-refractivity contribution in [3.05, 3.63) is 54.0 Å². The second-order valence-electron chi connectivity index (χ2n) is 4.64. The quantitative estimate of drug-likeness (QED) is 0.782. The maximum absolute atomic E-state index is 11.3. The van der Waals surface area contributed by atoms with E-state index in [-0.39, 0.29) is 5.69 Å². The summed E-state index contributed by atoms with van der Waals surface area (Å²) in [7, 11) is 1.77. The number of aromatic nitrogens is 5. The van der Waals surface area contributed by atoms with Gasteiger partial charge in [-0.05, 0) is 5.56 Å². The minimum absolute atomic E-state index is 0.0704. The van der Waals surface area contributed by atoms with Gasteiger partial charge in [0, 0.05) is 18.8 Å². The fraction of sp³-hybridized carbons (Fsp3) is 0.143. The van der Waals surface area contributed by atoms with Crippen molar-refractivity contribution < 1.29 is 9.90 Å². The molecule has 7 nitrogen and oxygen atoms in total. The zero-order valence-corrected chi connectivity index (χ0v) is 11.3. The summed E-state index contributed by atoms with van der Waals surface area (Å²) in [5, 5.41) is 21.1. The Kier molecular flexibility index (Phi) is 3.23. The van der Waals surface area contributed by atoms with Crippen LogP contribution in [-0.4, -0.2) is 35.9 Å². The number of aromatic carboxylic acids is 1. The molecule has 0 atom stereocenters. The third-order valence-electron chi connectivity index (χ3n) is 3.09. The molecule has 0 unspecified atom stereocenters. The van der Waals surface area contributed by atoms with Crippen LogP contribution in [0.5, 0.6) is 0 Å². The minimum Gasteiger partial charge on any atom is -0.476 e. The van der Waals surface area contributed by atoms with E-state index in [0.29, 0.717) is 17.8 Å². The molecule has 1 N–H and O–H groups in total. The van der Waals surface area contributed by atoms with Crippen LogP contribution >= 0.6 is 0 Å². The van der Waals surface area contributed by atoms with Gasteiger partial charge in [0.25, 0.3) is 0 Å². The van der Waals surface area contributed by atoms with E-state index in [1.165, 1.54) is 0 Å². The summed E-state index contributed by atoms with van der Waals surface area (Å²) in [4.78, 5) is 11.3. The fourth-order valence-corrected chi connectivity index (χ4v) is 2.15. The van der Waals surface area contributed by atoms with Gasteiger partial charge in [-0.3, -0.25) is 4.68 Å². The van der Waals surface area contributed by atoms with Crippen LogP contribution in [0.2, 0.25) is 0 Å². The molecule has 7 heteroatoms. The van der Waals surface area contributed by atoms with E-state index in [1.807, 2.05) is 30.3 Å². The Balaban J connectivity index is 2.07. The maximum atomic E-state index is 11.3. The van der Waals surface area contributed by atoms with Crippen LogP contribution in [-0.2, 0) is 13.6 Å². The largest absolute Gasteiger partial charge is 0.476 e. The van der Waals surface area contributed by atoms with Gasteiger partial charge in [-0.1, -0.05) is 35.5 Å². The highest BCUT2D eigenvalue weighted by molar-refractivity contribution is 5.92. The highest BCUT2D eigenvalue weighted by Crippen LogP contribution is 2.22. The van der Waals surface area contributed by atoms with Crippen molar-refractivity contribution in [2.24, 2.45) is 7.05 Å². The van der Waals surface area contributed by atoms with Gasteiger partial charge >= 0.3 is 5.97 Å². The van der Waals surface area contributed by atoms with Crippen molar-refractivity contribution in [3.63, 3.8) is 0 Å². The lowest BCUT2D eigenvalue weighted by molar-refractivity contribution is 0.0691. The summed E-state index contributed by atoms with van der Waals surface area (Å²) < 4.78 is 3.19. The Morgan fingerprint density at radius 2 is 2.05 bits per heavy atom. The van der Waals surface area contributed by atoms with Crippen LogP contribution in [0.25, 0.3) is 11.3 Å². The van der Waals surface area contributed by atoms with Gasteiger partial charge in [-0.2, -0.15) is 5.10 Å². The van der Waals surface area contributed by atoms with Crippen molar-refractivity contribution >= 4 is 5.97 Å². The first-order valence-corrected chi connectivity index (χ1v) is 6.35. The summed E-state index contributed by atoms with van der Waals surface area (Å²) in [5.41, 5.74) is 2.08. The summed E-state index contributed by atoms with van der Waals surface area (Å²) in [6.07, 6.45) is 3.35. The van der Waals surface area contributed by atoms with Crippen molar-refractivity contribution in [2.45, 2.75) is 6.54 Å². The molecule has 3 rings (SSSR count). The van der Waals surface area contributed by atoms with Gasteiger partial charge in [0.05, 0.1) is 12.7 Å². The summed E-state index contributed by atoms with van der Waals surface area (Å²) in [6, 6.07) is 9.68. The van der Waals surface area contributed by atoms with Crippen LogP contribution in [0.15, 0.2) is 42.7 Å². The van der Waals surface area contributed by atoms with Gasteiger partial charge in [0.15, 0.2) is 5.69 Å². The highest BCUT2D eigenvalue weighted by Gasteiger charge is 2.21. The van der Waals surface area contributed by atoms with Crippen molar-refractivity contribution in [2.75, 3.05) is 0 Å². The van der Waals surface area contributed by atoms with Gasteiger partial charge < -0.3 is 5.11 Å². The minimum atomic E-state index is -1.10. The average molecular weight is 283 g/mol. The molecule has 2 aromatic heterocycles. The number of benzene rings is 1. The first-order valence-electron chi connectivity index (χ1n) is 6.35. The smallest absolute Gasteiger partial charge is 0.358 e. The monoisotopic (exact) mass is 283 g/mol. The van der Waals surface area contributed by atoms with Gasteiger partial charge in [0.1, 0.15) is 5.69 Å². The Morgan fingerprint density at radius 3 is 2.67 bits per heavy atom. The molecule has 3 aromatic rings. The Morgan fingerprint density at radius 1 is 1.29 bits per heavy atom. The van der Waals surface area contributed by atoms with E-state index < -0.39 is 5.97 Å². The molecule has 0 aliphatic heterocycles. The third-order valence-corrected chi connectivity index (χ3v) is 3.09. The van der Waals surface area contributed by atoms with Crippen molar-refractivity contribution in [1.29, 1.82) is 0 Å². The van der Waals surface area contributed by atoms with Crippen LogP contribution in [0, 0.1) is 0 Å². The molecule has 0 saturated carbocycles. The van der Waals surface area contributed by atoms with E-state index in [2.05, 4.69) is 15.4 Å². The fourth-order valence-electron chi connectivity index (χ4n) is 2.15. The van der Waals surface area contributed by atoms with E-state index in [0.717, 1.165) is 5.56 Å². The summed E-state index contributed by atoms with van der Waals surface area (Å²) >= 11 is 0. The first kappa shape index (κ1) is 13.0. The van der Waals surface area contributed by atoms with Crippen LogP contribution in [0.1, 0.15) is 16.1 Å². The normalized spacial score (nSPS) is 10.7. The molecule has 0 aliphatic carbocycles. The molecule has 0 radical (unpaired) electrons. The Labute approximate surface area is 120 Å². The number of nitrogens with zero attached hydrogens (tertiary/aromatic N) is 5. The van der Waals surface area contributed by atoms with E-state index in [4.69, 9.17) is 0 Å². The number of hydrogen-bond donors (Lipinski definition) is 1. The molecule has 0 spiro atoms. The lowest BCUT2D eigenvalue weighted by Crippen LogP contribution is -2.05. The van der Waals surface area contributed by atoms with Crippen molar-refractivity contribution in [3.8, 4) is 11.3 Å². The van der Waals surface area contributed by atoms with Crippen LogP contribution in [0.3, 0.4) is 0 Å². The molecular weight excluding hydrogens is 270 g/mol.